The van der Waals surface area contributed by atoms with Crippen LogP contribution < -0.4 is 0 Å². The van der Waals surface area contributed by atoms with Crippen molar-refractivity contribution < 1.29 is 24.9 Å². The molecule has 0 aromatic heterocycles. The molecule has 0 radical (unpaired) electrons. The van der Waals surface area contributed by atoms with Crippen LogP contribution in [0.3, 0.4) is 0 Å². The van der Waals surface area contributed by atoms with Crippen LogP contribution in [0.1, 0.15) is 71.1 Å². The van der Waals surface area contributed by atoms with Gasteiger partial charge in [0.2, 0.25) is 0 Å². The van der Waals surface area contributed by atoms with Gasteiger partial charge in [-0.2, -0.15) is 0 Å². The number of unbranched alkanes of at least 4 members (excludes halogenated alkanes) is 5. The Labute approximate surface area is 164 Å². The van der Waals surface area contributed by atoms with E-state index in [1.807, 2.05) is 13.0 Å². The molecule has 5 nitrogen and oxygen atoms in total. The Kier molecular flexibility index (Phi) is 13.1. The maximum absolute atomic E-state index is 10.5. The molecule has 0 aromatic rings. The van der Waals surface area contributed by atoms with Crippen molar-refractivity contribution in [2.45, 2.75) is 83.3 Å². The molecule has 0 bridgehead atoms. The topological polar surface area (TPSA) is 87.0 Å². The first-order valence-corrected chi connectivity index (χ1v) is 10.5. The van der Waals surface area contributed by atoms with Crippen molar-refractivity contribution in [3.8, 4) is 0 Å². The quantitative estimate of drug-likeness (QED) is 0.293. The lowest BCUT2D eigenvalue weighted by Crippen LogP contribution is -2.21. The van der Waals surface area contributed by atoms with Gasteiger partial charge in [-0.1, -0.05) is 37.1 Å². The zero-order chi connectivity index (χ0) is 19.9. The van der Waals surface area contributed by atoms with Gasteiger partial charge in [-0.3, -0.25) is 4.79 Å². The van der Waals surface area contributed by atoms with Crippen LogP contribution in [0.5, 0.6) is 0 Å². The monoisotopic (exact) mass is 382 g/mol. The summed E-state index contributed by atoms with van der Waals surface area (Å²) in [5.74, 6) is -0.375. The molecule has 1 aliphatic carbocycles. The average molecular weight is 383 g/mol. The minimum Gasteiger partial charge on any atom is -0.481 e. The van der Waals surface area contributed by atoms with Crippen molar-refractivity contribution in [1.82, 2.24) is 0 Å². The maximum atomic E-state index is 10.5. The first-order chi connectivity index (χ1) is 13.1. The van der Waals surface area contributed by atoms with Crippen molar-refractivity contribution in [2.24, 2.45) is 11.8 Å². The van der Waals surface area contributed by atoms with Gasteiger partial charge in [0.05, 0.1) is 12.2 Å². The van der Waals surface area contributed by atoms with E-state index in [1.165, 1.54) is 0 Å². The van der Waals surface area contributed by atoms with Crippen LogP contribution in [0.4, 0.5) is 0 Å². The lowest BCUT2D eigenvalue weighted by molar-refractivity contribution is -0.137. The molecule has 1 fully saturated rings. The van der Waals surface area contributed by atoms with Gasteiger partial charge in [0.25, 0.3) is 0 Å². The molecule has 156 valence electrons. The van der Waals surface area contributed by atoms with Crippen LogP contribution in [-0.2, 0) is 9.53 Å². The zero-order valence-electron chi connectivity index (χ0n) is 16.8. The summed E-state index contributed by atoms with van der Waals surface area (Å²) in [6.45, 7) is 2.92. The molecular weight excluding hydrogens is 344 g/mol. The van der Waals surface area contributed by atoms with Crippen LogP contribution in [-0.4, -0.2) is 46.7 Å². The van der Waals surface area contributed by atoms with E-state index in [2.05, 4.69) is 18.2 Å². The number of hydrogen-bond acceptors (Lipinski definition) is 4. The van der Waals surface area contributed by atoms with E-state index in [4.69, 9.17) is 14.9 Å². The molecule has 1 saturated carbocycles. The van der Waals surface area contributed by atoms with E-state index in [1.54, 1.807) is 0 Å². The lowest BCUT2D eigenvalue weighted by Gasteiger charge is -2.21. The number of hydrogen-bond donors (Lipinski definition) is 3. The van der Waals surface area contributed by atoms with Gasteiger partial charge in [0.15, 0.2) is 0 Å². The van der Waals surface area contributed by atoms with Crippen molar-refractivity contribution in [1.29, 1.82) is 0 Å². The highest BCUT2D eigenvalue weighted by atomic mass is 16.5. The molecule has 5 heteroatoms. The first-order valence-electron chi connectivity index (χ1n) is 10.5. The number of rotatable bonds is 15. The number of carboxylic acids is 1. The predicted octanol–water partition coefficient (Wildman–Crippen LogP) is 4.09. The van der Waals surface area contributed by atoms with E-state index >= 15 is 0 Å². The van der Waals surface area contributed by atoms with Crippen molar-refractivity contribution in [3.63, 3.8) is 0 Å². The highest BCUT2D eigenvalue weighted by Gasteiger charge is 2.40. The molecule has 1 rings (SSSR count). The Morgan fingerprint density at radius 3 is 2.52 bits per heavy atom. The normalized spacial score (nSPS) is 25.7. The molecule has 0 aromatic carbocycles. The zero-order valence-corrected chi connectivity index (χ0v) is 16.8. The predicted molar refractivity (Wildman–Crippen MR) is 108 cm³/mol. The summed E-state index contributed by atoms with van der Waals surface area (Å²) >= 11 is 0. The second-order valence-electron chi connectivity index (χ2n) is 7.39. The fourth-order valence-electron chi connectivity index (χ4n) is 3.80. The Morgan fingerprint density at radius 2 is 1.81 bits per heavy atom. The third-order valence-corrected chi connectivity index (χ3v) is 5.25. The Morgan fingerprint density at radius 1 is 1.07 bits per heavy atom. The minimum atomic E-state index is -0.754. The number of aliphatic carboxylic acids is 1. The van der Waals surface area contributed by atoms with E-state index in [0.29, 0.717) is 19.4 Å². The van der Waals surface area contributed by atoms with Crippen molar-refractivity contribution in [2.75, 3.05) is 13.2 Å². The van der Waals surface area contributed by atoms with Crippen LogP contribution in [0.2, 0.25) is 0 Å². The van der Waals surface area contributed by atoms with E-state index in [0.717, 1.165) is 44.9 Å². The maximum Gasteiger partial charge on any atom is 0.303 e. The van der Waals surface area contributed by atoms with Crippen molar-refractivity contribution in [3.05, 3.63) is 24.3 Å². The summed E-state index contributed by atoms with van der Waals surface area (Å²) < 4.78 is 5.87. The summed E-state index contributed by atoms with van der Waals surface area (Å²) in [4.78, 5) is 10.5. The van der Waals surface area contributed by atoms with Crippen LogP contribution >= 0.6 is 0 Å². The van der Waals surface area contributed by atoms with Gasteiger partial charge in [0, 0.05) is 32.0 Å². The largest absolute Gasteiger partial charge is 0.481 e. The number of carboxylic acid groups (broad SMARTS) is 1. The summed E-state index contributed by atoms with van der Waals surface area (Å²) in [6, 6.07) is 0. The summed E-state index contributed by atoms with van der Waals surface area (Å²) in [6.07, 6.45) is 16.6. The third-order valence-electron chi connectivity index (χ3n) is 5.25. The molecule has 1 unspecified atom stereocenters. The standard InChI is InChI=1S/C22H38O5/c1-2-27-21-17-20(24)18(13-9-6-7-11-15-22(25)26)19(21)14-10-5-3-4-8-12-16-23/h6,9-10,14,18-21,23-24H,2-5,7-8,11-13,15-17H2,1H3,(H,25,26)/b9-6-,14-10+/t18?,19-,20+,21-/m1/s1. The average Bonchev–Trinajstić information content (AvgIpc) is 2.92. The lowest BCUT2D eigenvalue weighted by atomic mass is 9.89. The molecule has 0 amide bonds. The van der Waals surface area contributed by atoms with E-state index < -0.39 is 5.97 Å². The highest BCUT2D eigenvalue weighted by Crippen LogP contribution is 2.38. The van der Waals surface area contributed by atoms with Gasteiger partial charge >= 0.3 is 5.97 Å². The number of aliphatic hydroxyl groups is 2. The summed E-state index contributed by atoms with van der Waals surface area (Å²) in [5, 5.41) is 28.0. The molecule has 3 N–H and O–H groups in total. The second kappa shape index (κ2) is 14.8. The smallest absolute Gasteiger partial charge is 0.303 e. The molecule has 0 aliphatic heterocycles. The number of aliphatic hydroxyl groups excluding tert-OH is 2. The molecule has 4 atom stereocenters. The summed E-state index contributed by atoms with van der Waals surface area (Å²) in [5.41, 5.74) is 0. The second-order valence-corrected chi connectivity index (χ2v) is 7.39. The van der Waals surface area contributed by atoms with Gasteiger partial charge in [0.1, 0.15) is 0 Å². The van der Waals surface area contributed by atoms with Crippen LogP contribution in [0.15, 0.2) is 24.3 Å². The SMILES string of the molecule is CCO[C@@H]1C[C@H](O)C(C/C=C\CCCC(=O)O)[C@H]1/C=C/CCCCCCO. The number of allylic oxidation sites excluding steroid dienone is 3. The Bertz CT molecular complexity index is 446. The first kappa shape index (κ1) is 23.9. The van der Waals surface area contributed by atoms with Crippen molar-refractivity contribution >= 4 is 5.97 Å². The molecule has 0 saturated heterocycles. The van der Waals surface area contributed by atoms with Gasteiger partial charge < -0.3 is 20.1 Å². The number of carbonyl (C=O) groups is 1. The molecule has 1 aliphatic rings. The van der Waals surface area contributed by atoms with Gasteiger partial charge in [-0.15, -0.1) is 0 Å². The Hall–Kier alpha value is -1.17. The molecule has 0 heterocycles. The molecular formula is C22H38O5. The van der Waals surface area contributed by atoms with Gasteiger partial charge in [-0.05, 0) is 51.4 Å². The van der Waals surface area contributed by atoms with E-state index in [9.17, 15) is 9.90 Å². The fourth-order valence-corrected chi connectivity index (χ4v) is 3.80. The van der Waals surface area contributed by atoms with Crippen LogP contribution in [0.25, 0.3) is 0 Å². The highest BCUT2D eigenvalue weighted by molar-refractivity contribution is 5.66. The van der Waals surface area contributed by atoms with Gasteiger partial charge in [-0.25, -0.2) is 0 Å². The molecule has 0 spiro atoms. The van der Waals surface area contributed by atoms with Crippen LogP contribution in [0, 0.1) is 11.8 Å². The fraction of sp³-hybridized carbons (Fsp3) is 0.773. The molecule has 27 heavy (non-hydrogen) atoms. The van der Waals surface area contributed by atoms with E-state index in [-0.39, 0.29) is 37.1 Å². The number of ether oxygens (including phenoxy) is 1. The minimum absolute atomic E-state index is 0.0704. The summed E-state index contributed by atoms with van der Waals surface area (Å²) in [7, 11) is 0. The Balaban J connectivity index is 2.48. The third kappa shape index (κ3) is 10.1.